The van der Waals surface area contributed by atoms with Gasteiger partial charge in [-0.2, -0.15) is 8.61 Å². The van der Waals surface area contributed by atoms with Crippen molar-refractivity contribution in [2.75, 3.05) is 26.2 Å². The van der Waals surface area contributed by atoms with E-state index in [1.807, 2.05) is 6.92 Å². The molecule has 0 radical (unpaired) electrons. The van der Waals surface area contributed by atoms with E-state index in [-0.39, 0.29) is 41.5 Å². The standard InChI is InChI=1S/C18H20N4O5S2/c1-2-14-6-8-15(9-7-14)28(23,24)21-10-12-22(13-11-21)29(25,26)17-5-3-4-16-18(17)20-27-19-16/h3-9H,2,10-13H2,1H3. The van der Waals surface area contributed by atoms with Crippen LogP contribution in [0, 0.1) is 0 Å². The molecule has 2 heterocycles. The summed E-state index contributed by atoms with van der Waals surface area (Å²) in [5.74, 6) is 0. The summed E-state index contributed by atoms with van der Waals surface area (Å²) >= 11 is 0. The van der Waals surface area contributed by atoms with Gasteiger partial charge in [-0.1, -0.05) is 25.1 Å². The summed E-state index contributed by atoms with van der Waals surface area (Å²) in [7, 11) is -7.52. The molecule has 29 heavy (non-hydrogen) atoms. The van der Waals surface area contributed by atoms with Crippen LogP contribution in [0.4, 0.5) is 0 Å². The second-order valence-electron chi connectivity index (χ2n) is 6.69. The van der Waals surface area contributed by atoms with Crippen LogP contribution in [0.3, 0.4) is 0 Å². The molecule has 0 amide bonds. The Bertz CT molecular complexity index is 1230. The molecule has 1 fully saturated rings. The van der Waals surface area contributed by atoms with E-state index in [4.69, 9.17) is 0 Å². The van der Waals surface area contributed by atoms with Crippen LogP contribution in [0.1, 0.15) is 12.5 Å². The summed E-state index contributed by atoms with van der Waals surface area (Å²) in [6.07, 6.45) is 0.824. The SMILES string of the molecule is CCc1ccc(S(=O)(=O)N2CCN(S(=O)(=O)c3cccc4nonc34)CC2)cc1. The van der Waals surface area contributed by atoms with Crippen LogP contribution in [-0.4, -0.2) is 61.9 Å². The van der Waals surface area contributed by atoms with Gasteiger partial charge in [0, 0.05) is 26.2 Å². The Labute approximate surface area is 169 Å². The Morgan fingerprint density at radius 3 is 2.10 bits per heavy atom. The molecular formula is C18H20N4O5S2. The van der Waals surface area contributed by atoms with Gasteiger partial charge >= 0.3 is 0 Å². The number of aromatic nitrogens is 2. The monoisotopic (exact) mass is 436 g/mol. The van der Waals surface area contributed by atoms with E-state index in [0.717, 1.165) is 12.0 Å². The largest absolute Gasteiger partial charge is 0.245 e. The highest BCUT2D eigenvalue weighted by molar-refractivity contribution is 7.89. The van der Waals surface area contributed by atoms with Gasteiger partial charge in [-0.3, -0.25) is 0 Å². The minimum absolute atomic E-state index is 0.00251. The normalized spacial score (nSPS) is 17.0. The number of benzene rings is 2. The second-order valence-corrected chi connectivity index (χ2v) is 10.5. The Morgan fingerprint density at radius 1 is 0.862 bits per heavy atom. The third kappa shape index (κ3) is 3.54. The number of fused-ring (bicyclic) bond motifs is 1. The van der Waals surface area contributed by atoms with Gasteiger partial charge in [-0.15, -0.1) is 0 Å². The molecule has 1 aliphatic rings. The van der Waals surface area contributed by atoms with Gasteiger partial charge in [0.15, 0.2) is 5.52 Å². The third-order valence-corrected chi connectivity index (χ3v) is 8.88. The van der Waals surface area contributed by atoms with Crippen molar-refractivity contribution in [3.05, 3.63) is 48.0 Å². The summed E-state index contributed by atoms with van der Waals surface area (Å²) in [5.41, 5.74) is 1.57. The van der Waals surface area contributed by atoms with Crippen molar-refractivity contribution in [1.82, 2.24) is 18.9 Å². The highest BCUT2D eigenvalue weighted by Gasteiger charge is 2.35. The predicted octanol–water partition coefficient (Wildman–Crippen LogP) is 1.48. The number of nitrogens with zero attached hydrogens (tertiary/aromatic N) is 4. The highest BCUT2D eigenvalue weighted by atomic mass is 32.2. The first kappa shape index (κ1) is 20.0. The van der Waals surface area contributed by atoms with E-state index in [2.05, 4.69) is 14.9 Å². The molecule has 3 aromatic rings. The molecule has 0 saturated carbocycles. The lowest BCUT2D eigenvalue weighted by molar-refractivity contribution is 0.273. The zero-order valence-electron chi connectivity index (χ0n) is 15.7. The molecule has 0 spiro atoms. The molecule has 0 unspecified atom stereocenters. The summed E-state index contributed by atoms with van der Waals surface area (Å²) in [6, 6.07) is 11.4. The Hall–Kier alpha value is -2.34. The minimum Gasteiger partial charge on any atom is -0.243 e. The molecule has 9 nitrogen and oxygen atoms in total. The molecule has 1 aromatic heterocycles. The number of piperazine rings is 1. The van der Waals surface area contributed by atoms with Gasteiger partial charge in [0.1, 0.15) is 10.4 Å². The van der Waals surface area contributed by atoms with Crippen LogP contribution in [0.5, 0.6) is 0 Å². The molecule has 154 valence electrons. The molecule has 0 N–H and O–H groups in total. The fourth-order valence-corrected chi connectivity index (χ4v) is 6.31. The van der Waals surface area contributed by atoms with Crippen molar-refractivity contribution >= 4 is 31.1 Å². The summed E-state index contributed by atoms with van der Waals surface area (Å²) in [6.45, 7) is 2.25. The maximum Gasteiger partial charge on any atom is 0.245 e. The smallest absolute Gasteiger partial charge is 0.243 e. The van der Waals surface area contributed by atoms with Gasteiger partial charge in [0.05, 0.1) is 4.90 Å². The van der Waals surface area contributed by atoms with Crippen molar-refractivity contribution in [3.63, 3.8) is 0 Å². The van der Waals surface area contributed by atoms with E-state index in [0.29, 0.717) is 5.52 Å². The zero-order chi connectivity index (χ0) is 20.6. The van der Waals surface area contributed by atoms with Crippen molar-refractivity contribution in [3.8, 4) is 0 Å². The maximum atomic E-state index is 13.0. The van der Waals surface area contributed by atoms with Crippen LogP contribution in [-0.2, 0) is 26.5 Å². The molecule has 0 aliphatic carbocycles. The van der Waals surface area contributed by atoms with Crippen LogP contribution in [0.2, 0.25) is 0 Å². The number of hydrogen-bond donors (Lipinski definition) is 0. The quantitative estimate of drug-likeness (QED) is 0.595. The fraction of sp³-hybridized carbons (Fsp3) is 0.333. The topological polar surface area (TPSA) is 114 Å². The summed E-state index contributed by atoms with van der Waals surface area (Å²) in [4.78, 5) is 0.215. The van der Waals surface area contributed by atoms with Crippen molar-refractivity contribution in [2.24, 2.45) is 0 Å². The predicted molar refractivity (Wildman–Crippen MR) is 105 cm³/mol. The van der Waals surface area contributed by atoms with Crippen LogP contribution in [0.25, 0.3) is 11.0 Å². The Morgan fingerprint density at radius 2 is 1.48 bits per heavy atom. The first-order valence-corrected chi connectivity index (χ1v) is 12.0. The molecule has 4 rings (SSSR count). The van der Waals surface area contributed by atoms with E-state index in [9.17, 15) is 16.8 Å². The summed E-state index contributed by atoms with van der Waals surface area (Å²) < 4.78 is 59.1. The van der Waals surface area contributed by atoms with Gasteiger partial charge in [-0.05, 0) is 46.6 Å². The Balaban J connectivity index is 1.53. The highest BCUT2D eigenvalue weighted by Crippen LogP contribution is 2.25. The molecule has 1 aliphatic heterocycles. The van der Waals surface area contributed by atoms with E-state index in [1.54, 1.807) is 36.4 Å². The number of rotatable bonds is 5. The lowest BCUT2D eigenvalue weighted by Crippen LogP contribution is -2.50. The first-order chi connectivity index (χ1) is 13.8. The van der Waals surface area contributed by atoms with Gasteiger partial charge < -0.3 is 0 Å². The molecule has 1 saturated heterocycles. The van der Waals surface area contributed by atoms with Gasteiger partial charge in [0.25, 0.3) is 0 Å². The van der Waals surface area contributed by atoms with Crippen molar-refractivity contribution < 1.29 is 21.5 Å². The van der Waals surface area contributed by atoms with Crippen molar-refractivity contribution in [1.29, 1.82) is 0 Å². The summed E-state index contributed by atoms with van der Waals surface area (Å²) in [5, 5.41) is 7.36. The fourth-order valence-electron chi connectivity index (χ4n) is 3.33. The lowest BCUT2D eigenvalue weighted by atomic mass is 10.2. The van der Waals surface area contributed by atoms with E-state index < -0.39 is 20.0 Å². The zero-order valence-corrected chi connectivity index (χ0v) is 17.4. The van der Waals surface area contributed by atoms with Crippen LogP contribution >= 0.6 is 0 Å². The molecule has 11 heteroatoms. The number of hydrogen-bond acceptors (Lipinski definition) is 7. The molecule has 0 bridgehead atoms. The number of aryl methyl sites for hydroxylation is 1. The molecule has 2 aromatic carbocycles. The van der Waals surface area contributed by atoms with Crippen LogP contribution < -0.4 is 0 Å². The van der Waals surface area contributed by atoms with E-state index >= 15 is 0 Å². The molecule has 0 atom stereocenters. The van der Waals surface area contributed by atoms with Gasteiger partial charge in [0.2, 0.25) is 20.0 Å². The second kappa shape index (κ2) is 7.48. The van der Waals surface area contributed by atoms with Crippen molar-refractivity contribution in [2.45, 2.75) is 23.1 Å². The average molecular weight is 437 g/mol. The van der Waals surface area contributed by atoms with Gasteiger partial charge in [-0.25, -0.2) is 21.5 Å². The van der Waals surface area contributed by atoms with Crippen LogP contribution in [0.15, 0.2) is 56.9 Å². The third-order valence-electron chi connectivity index (χ3n) is 5.03. The number of sulfonamides is 2. The van der Waals surface area contributed by atoms with E-state index in [1.165, 1.54) is 14.7 Å². The Kier molecular flexibility index (Phi) is 5.15. The lowest BCUT2D eigenvalue weighted by Gasteiger charge is -2.33. The maximum absolute atomic E-state index is 13.0. The first-order valence-electron chi connectivity index (χ1n) is 9.14. The average Bonchev–Trinajstić information content (AvgIpc) is 3.22. The molecular weight excluding hydrogens is 416 g/mol. The minimum atomic E-state index is -3.85.